The molecule has 0 spiro atoms. The average Bonchev–Trinajstić information content (AvgIpc) is 3.19. The van der Waals surface area contributed by atoms with E-state index in [-0.39, 0.29) is 11.2 Å². The molecule has 0 bridgehead atoms. The Labute approximate surface area is 215 Å². The van der Waals surface area contributed by atoms with E-state index in [1.165, 1.54) is 0 Å². The highest BCUT2D eigenvalue weighted by atomic mass is 16.5. The lowest BCUT2D eigenvalue weighted by Gasteiger charge is -2.23. The first-order valence-corrected chi connectivity index (χ1v) is 12.3. The molecular weight excluding hydrogens is 460 g/mol. The van der Waals surface area contributed by atoms with Crippen molar-refractivity contribution >= 4 is 32.7 Å². The van der Waals surface area contributed by atoms with Gasteiger partial charge in [-0.25, -0.2) is 15.0 Å². The van der Waals surface area contributed by atoms with E-state index in [0.717, 1.165) is 49.8 Å². The molecule has 0 radical (unpaired) electrons. The molecule has 6 aromatic rings. The van der Waals surface area contributed by atoms with Crippen molar-refractivity contribution in [2.75, 3.05) is 0 Å². The number of ether oxygens (including phenoxy) is 1. The number of hydrogen-bond donors (Lipinski definition) is 1. The average molecular weight is 489 g/mol. The summed E-state index contributed by atoms with van der Waals surface area (Å²) in [4.78, 5) is 13.7. The van der Waals surface area contributed by atoms with E-state index < -0.39 is 0 Å². The molecular formula is C31H28N4O2. The molecule has 6 heteroatoms. The Balaban J connectivity index is 1.56. The van der Waals surface area contributed by atoms with Gasteiger partial charge in [0.1, 0.15) is 29.2 Å². The van der Waals surface area contributed by atoms with Gasteiger partial charge in [-0.05, 0) is 49.1 Å². The molecule has 3 heterocycles. The Kier molecular flexibility index (Phi) is 5.16. The zero-order valence-corrected chi connectivity index (χ0v) is 21.6. The molecule has 0 atom stereocenters. The number of phenols is 1. The van der Waals surface area contributed by atoms with E-state index in [4.69, 9.17) is 9.72 Å². The highest BCUT2D eigenvalue weighted by Gasteiger charge is 2.23. The van der Waals surface area contributed by atoms with Crippen LogP contribution >= 0.6 is 0 Å². The van der Waals surface area contributed by atoms with Gasteiger partial charge in [-0.1, -0.05) is 51.1 Å². The van der Waals surface area contributed by atoms with Gasteiger partial charge in [0, 0.05) is 39.5 Å². The number of phenolic OH excluding ortho intramolecular Hbond substituents is 1. The number of nitrogens with zero attached hydrogens (tertiary/aromatic N) is 4. The normalized spacial score (nSPS) is 12.0. The lowest BCUT2D eigenvalue weighted by atomic mass is 9.87. The zero-order valence-electron chi connectivity index (χ0n) is 21.6. The first-order chi connectivity index (χ1) is 17.7. The molecule has 6 nitrogen and oxygen atoms in total. The number of fused-ring (bicyclic) bond motifs is 4. The van der Waals surface area contributed by atoms with Crippen LogP contribution in [0.4, 0.5) is 0 Å². The minimum Gasteiger partial charge on any atom is -0.505 e. The van der Waals surface area contributed by atoms with Crippen molar-refractivity contribution < 1.29 is 9.84 Å². The molecule has 0 fully saturated rings. The smallest absolute Gasteiger partial charge is 0.223 e. The minimum atomic E-state index is -0.214. The molecule has 0 saturated heterocycles. The van der Waals surface area contributed by atoms with Crippen LogP contribution in [0.1, 0.15) is 37.6 Å². The van der Waals surface area contributed by atoms with Gasteiger partial charge in [0.15, 0.2) is 0 Å². The standard InChI is InChI=1S/C31H28N4O2/c1-18-10-11-20-15-24(31(3,4)5)30(34-28(20)29(18)36)37-21-12-13-23-22-8-6-7-9-25(22)35(26(23)16-21)27-14-19(2)32-17-33-27/h6-17,36H,1-5H3. The Morgan fingerprint density at radius 3 is 2.41 bits per heavy atom. The Hall–Kier alpha value is -4.45. The lowest BCUT2D eigenvalue weighted by molar-refractivity contribution is 0.436. The Morgan fingerprint density at radius 1 is 0.838 bits per heavy atom. The number of hydrogen-bond acceptors (Lipinski definition) is 5. The molecule has 1 N–H and O–H groups in total. The van der Waals surface area contributed by atoms with E-state index in [1.807, 2.05) is 56.3 Å². The fourth-order valence-electron chi connectivity index (χ4n) is 4.86. The van der Waals surface area contributed by atoms with Crippen LogP contribution in [0, 0.1) is 13.8 Å². The van der Waals surface area contributed by atoms with Gasteiger partial charge in [0.2, 0.25) is 5.88 Å². The van der Waals surface area contributed by atoms with Crippen molar-refractivity contribution in [2.24, 2.45) is 0 Å². The number of benzene rings is 3. The molecule has 0 amide bonds. The van der Waals surface area contributed by atoms with E-state index in [1.54, 1.807) is 6.33 Å². The Bertz CT molecular complexity index is 1830. The summed E-state index contributed by atoms with van der Waals surface area (Å²) < 4.78 is 8.63. The third-order valence-corrected chi connectivity index (χ3v) is 6.81. The summed E-state index contributed by atoms with van der Waals surface area (Å²) in [6.45, 7) is 10.2. The molecule has 0 aliphatic carbocycles. The van der Waals surface area contributed by atoms with Crippen LogP contribution in [0.25, 0.3) is 38.5 Å². The largest absolute Gasteiger partial charge is 0.505 e. The van der Waals surface area contributed by atoms with Crippen molar-refractivity contribution in [3.63, 3.8) is 0 Å². The highest BCUT2D eigenvalue weighted by molar-refractivity contribution is 6.09. The second-order valence-corrected chi connectivity index (χ2v) is 10.5. The number of aromatic nitrogens is 4. The molecule has 0 aliphatic rings. The molecule has 3 aromatic carbocycles. The van der Waals surface area contributed by atoms with Crippen LogP contribution in [-0.4, -0.2) is 24.6 Å². The Morgan fingerprint density at radius 2 is 1.62 bits per heavy atom. The molecule has 0 saturated carbocycles. The maximum absolute atomic E-state index is 10.7. The van der Waals surface area contributed by atoms with Crippen LogP contribution in [0.5, 0.6) is 17.4 Å². The lowest BCUT2D eigenvalue weighted by Crippen LogP contribution is -2.13. The van der Waals surface area contributed by atoms with Gasteiger partial charge in [-0.3, -0.25) is 4.57 Å². The van der Waals surface area contributed by atoms with Crippen LogP contribution in [0.3, 0.4) is 0 Å². The van der Waals surface area contributed by atoms with Crippen molar-refractivity contribution in [3.8, 4) is 23.2 Å². The highest BCUT2D eigenvalue weighted by Crippen LogP contribution is 2.39. The number of para-hydroxylation sites is 1. The monoisotopic (exact) mass is 488 g/mol. The van der Waals surface area contributed by atoms with Gasteiger partial charge in [0.05, 0.1) is 11.0 Å². The zero-order chi connectivity index (χ0) is 25.9. The predicted molar refractivity (Wildman–Crippen MR) is 148 cm³/mol. The van der Waals surface area contributed by atoms with Crippen LogP contribution in [0.15, 0.2) is 73.1 Å². The first kappa shape index (κ1) is 23.0. The topological polar surface area (TPSA) is 73.1 Å². The SMILES string of the molecule is Cc1cc(-n2c3ccccc3c3ccc(Oc4nc5c(O)c(C)ccc5cc4C(C)(C)C)cc32)ncn1. The summed E-state index contributed by atoms with van der Waals surface area (Å²) in [6, 6.07) is 22.3. The predicted octanol–water partition coefficient (Wildman–Crippen LogP) is 7.53. The molecule has 184 valence electrons. The fourth-order valence-corrected chi connectivity index (χ4v) is 4.86. The molecule has 3 aromatic heterocycles. The van der Waals surface area contributed by atoms with Crippen molar-refractivity contribution in [1.29, 1.82) is 0 Å². The quantitative estimate of drug-likeness (QED) is 0.279. The number of pyridine rings is 1. The van der Waals surface area contributed by atoms with Crippen molar-refractivity contribution in [3.05, 3.63) is 89.9 Å². The second kappa shape index (κ2) is 8.30. The van der Waals surface area contributed by atoms with Gasteiger partial charge >= 0.3 is 0 Å². The maximum Gasteiger partial charge on any atom is 0.223 e. The number of aryl methyl sites for hydroxylation is 2. The molecule has 37 heavy (non-hydrogen) atoms. The van der Waals surface area contributed by atoms with E-state index in [9.17, 15) is 5.11 Å². The third-order valence-electron chi connectivity index (χ3n) is 6.81. The summed E-state index contributed by atoms with van der Waals surface area (Å²) in [5, 5.41) is 13.8. The summed E-state index contributed by atoms with van der Waals surface area (Å²) >= 11 is 0. The summed E-state index contributed by atoms with van der Waals surface area (Å²) in [5.74, 6) is 2.13. The van der Waals surface area contributed by atoms with Gasteiger partial charge in [-0.2, -0.15) is 0 Å². The van der Waals surface area contributed by atoms with Crippen LogP contribution in [0.2, 0.25) is 0 Å². The van der Waals surface area contributed by atoms with Crippen molar-refractivity contribution in [1.82, 2.24) is 19.5 Å². The van der Waals surface area contributed by atoms with Gasteiger partial charge in [0.25, 0.3) is 0 Å². The minimum absolute atomic E-state index is 0.178. The van der Waals surface area contributed by atoms with Crippen LogP contribution < -0.4 is 4.74 Å². The van der Waals surface area contributed by atoms with E-state index in [2.05, 4.69) is 59.6 Å². The summed E-state index contributed by atoms with van der Waals surface area (Å²) in [6.07, 6.45) is 1.59. The summed E-state index contributed by atoms with van der Waals surface area (Å²) in [7, 11) is 0. The van der Waals surface area contributed by atoms with E-state index >= 15 is 0 Å². The first-order valence-electron chi connectivity index (χ1n) is 12.3. The maximum atomic E-state index is 10.7. The molecule has 6 rings (SSSR count). The van der Waals surface area contributed by atoms with Gasteiger partial charge < -0.3 is 9.84 Å². The molecule has 0 unspecified atom stereocenters. The van der Waals surface area contributed by atoms with E-state index in [0.29, 0.717) is 17.1 Å². The number of aromatic hydroxyl groups is 1. The number of rotatable bonds is 3. The second-order valence-electron chi connectivity index (χ2n) is 10.5. The van der Waals surface area contributed by atoms with Crippen molar-refractivity contribution in [2.45, 2.75) is 40.0 Å². The summed E-state index contributed by atoms with van der Waals surface area (Å²) in [5.41, 5.74) is 5.01. The van der Waals surface area contributed by atoms with Gasteiger partial charge in [-0.15, -0.1) is 0 Å². The fraction of sp³-hybridized carbons (Fsp3) is 0.194. The molecule has 0 aliphatic heterocycles. The third kappa shape index (κ3) is 3.85. The van der Waals surface area contributed by atoms with Crippen LogP contribution in [-0.2, 0) is 5.41 Å².